The lowest BCUT2D eigenvalue weighted by molar-refractivity contribution is -0.214. The second-order valence-corrected chi connectivity index (χ2v) is 9.14. The molecule has 0 spiro atoms. The molecule has 2 fully saturated rings. The van der Waals surface area contributed by atoms with Gasteiger partial charge in [-0.2, -0.15) is 0 Å². The molecule has 32 heavy (non-hydrogen) atoms. The highest BCUT2D eigenvalue weighted by molar-refractivity contribution is 5.80. The molecular formula is C25H25F2NO4. The number of alkyl halides is 2. The summed E-state index contributed by atoms with van der Waals surface area (Å²) in [6.07, 6.45) is 0.290. The van der Waals surface area contributed by atoms with Gasteiger partial charge in [-0.25, -0.2) is 13.6 Å². The molecule has 1 aliphatic heterocycles. The van der Waals surface area contributed by atoms with Crippen molar-refractivity contribution in [1.82, 2.24) is 4.90 Å². The van der Waals surface area contributed by atoms with E-state index in [2.05, 4.69) is 0 Å². The molecule has 2 aromatic carbocycles. The summed E-state index contributed by atoms with van der Waals surface area (Å²) >= 11 is 0. The van der Waals surface area contributed by atoms with Crippen LogP contribution in [-0.4, -0.2) is 47.7 Å². The molecule has 168 valence electrons. The molecule has 1 amide bonds. The molecule has 2 aliphatic carbocycles. The first-order valence-corrected chi connectivity index (χ1v) is 11.1. The molecule has 5 rings (SSSR count). The van der Waals surface area contributed by atoms with Crippen LogP contribution in [-0.2, 0) is 9.53 Å². The van der Waals surface area contributed by atoms with Crippen molar-refractivity contribution in [3.05, 3.63) is 59.7 Å². The van der Waals surface area contributed by atoms with Gasteiger partial charge in [-0.1, -0.05) is 61.4 Å². The summed E-state index contributed by atoms with van der Waals surface area (Å²) in [6.45, 7) is -0.633. The quantitative estimate of drug-likeness (QED) is 0.716. The van der Waals surface area contributed by atoms with Crippen molar-refractivity contribution in [2.75, 3.05) is 19.7 Å². The topological polar surface area (TPSA) is 66.8 Å². The molecule has 2 aromatic rings. The number of carboxylic acids is 1. The van der Waals surface area contributed by atoms with Crippen molar-refractivity contribution in [3.8, 4) is 11.1 Å². The summed E-state index contributed by atoms with van der Waals surface area (Å²) in [5.41, 5.74) is 2.05. The summed E-state index contributed by atoms with van der Waals surface area (Å²) in [7, 11) is 0. The maximum atomic E-state index is 15.1. The molecule has 1 heterocycles. The van der Waals surface area contributed by atoms with Crippen molar-refractivity contribution in [2.24, 2.45) is 11.3 Å². The number of halogens is 2. The van der Waals surface area contributed by atoms with Crippen molar-refractivity contribution in [3.63, 3.8) is 0 Å². The first-order chi connectivity index (χ1) is 15.3. The predicted molar refractivity (Wildman–Crippen MR) is 114 cm³/mol. The summed E-state index contributed by atoms with van der Waals surface area (Å²) in [5.74, 6) is -6.20. The standard InChI is InChI=1S/C25H25F2NO4/c26-25(27)16-7-5-6-12-24(25,22(29)30)15-28(13-16)23(31)32-14-21-19-10-3-1-8-17(19)18-9-2-4-11-20(18)21/h1-4,8-11,16,21H,5-7,12-15H2,(H,29,30). The molecule has 2 bridgehead atoms. The number of ether oxygens (including phenoxy) is 1. The van der Waals surface area contributed by atoms with Crippen LogP contribution in [0.25, 0.3) is 11.1 Å². The van der Waals surface area contributed by atoms with Gasteiger partial charge < -0.3 is 14.7 Å². The Hall–Kier alpha value is -2.96. The van der Waals surface area contributed by atoms with Crippen LogP contribution in [0.2, 0.25) is 0 Å². The van der Waals surface area contributed by atoms with Gasteiger partial charge in [0.1, 0.15) is 12.0 Å². The minimum atomic E-state index is -3.35. The van der Waals surface area contributed by atoms with E-state index in [0.717, 1.165) is 22.3 Å². The number of aliphatic carboxylic acids is 1. The second kappa shape index (κ2) is 7.57. The summed E-state index contributed by atoms with van der Waals surface area (Å²) < 4.78 is 35.9. The van der Waals surface area contributed by atoms with Crippen LogP contribution in [0.3, 0.4) is 0 Å². The van der Waals surface area contributed by atoms with Crippen molar-refractivity contribution in [1.29, 1.82) is 0 Å². The highest BCUT2D eigenvalue weighted by atomic mass is 19.3. The second-order valence-electron chi connectivity index (χ2n) is 9.14. The van der Waals surface area contributed by atoms with Gasteiger partial charge in [0, 0.05) is 24.9 Å². The van der Waals surface area contributed by atoms with E-state index in [1.165, 1.54) is 4.90 Å². The Labute approximate surface area is 185 Å². The highest BCUT2D eigenvalue weighted by Crippen LogP contribution is 2.53. The monoisotopic (exact) mass is 441 g/mol. The van der Waals surface area contributed by atoms with Crippen molar-refractivity contribution in [2.45, 2.75) is 37.5 Å². The minimum absolute atomic E-state index is 0.0739. The van der Waals surface area contributed by atoms with Crippen LogP contribution in [0, 0.1) is 11.3 Å². The number of piperidine rings is 1. The third kappa shape index (κ3) is 3.01. The Balaban J connectivity index is 1.37. The number of nitrogens with zero attached hydrogens (tertiary/aromatic N) is 1. The number of rotatable bonds is 3. The summed E-state index contributed by atoms with van der Waals surface area (Å²) in [4.78, 5) is 26.2. The molecule has 1 N–H and O–H groups in total. The predicted octanol–water partition coefficient (Wildman–Crippen LogP) is 5.15. The lowest BCUT2D eigenvalue weighted by atomic mass is 9.70. The lowest BCUT2D eigenvalue weighted by Crippen LogP contribution is -2.64. The van der Waals surface area contributed by atoms with Crippen LogP contribution in [0.4, 0.5) is 13.6 Å². The van der Waals surface area contributed by atoms with E-state index >= 15 is 8.78 Å². The van der Waals surface area contributed by atoms with E-state index in [1.807, 2.05) is 48.5 Å². The van der Waals surface area contributed by atoms with Gasteiger partial charge in [0.2, 0.25) is 0 Å². The zero-order valence-corrected chi connectivity index (χ0v) is 17.6. The van der Waals surface area contributed by atoms with Gasteiger partial charge >= 0.3 is 12.1 Å². The number of carbonyl (C=O) groups excluding carboxylic acids is 1. The largest absolute Gasteiger partial charge is 0.481 e. The highest BCUT2D eigenvalue weighted by Gasteiger charge is 2.67. The number of hydrogen-bond acceptors (Lipinski definition) is 3. The van der Waals surface area contributed by atoms with Crippen LogP contribution in [0.5, 0.6) is 0 Å². The third-order valence-electron chi connectivity index (χ3n) is 7.46. The normalized spacial score (nSPS) is 26.1. The van der Waals surface area contributed by atoms with Crippen molar-refractivity contribution >= 4 is 12.1 Å². The van der Waals surface area contributed by atoms with Gasteiger partial charge in [-0.05, 0) is 35.1 Å². The SMILES string of the molecule is O=C(OCC1c2ccccc2-c2ccccc21)N1CC2CCCCC(C(=O)O)(C1)C2(F)F. The molecule has 0 radical (unpaired) electrons. The smallest absolute Gasteiger partial charge is 0.409 e. The van der Waals surface area contributed by atoms with E-state index in [0.29, 0.717) is 12.8 Å². The first-order valence-electron chi connectivity index (χ1n) is 11.1. The number of likely N-dealkylation sites (tertiary alicyclic amines) is 1. The molecular weight excluding hydrogens is 416 g/mol. The summed E-state index contributed by atoms with van der Waals surface area (Å²) in [5, 5.41) is 9.76. The Bertz CT molecular complexity index is 1030. The zero-order chi connectivity index (χ0) is 22.5. The number of carboxylic acid groups (broad SMARTS) is 1. The molecule has 2 unspecified atom stereocenters. The molecule has 5 nitrogen and oxygen atoms in total. The number of benzene rings is 2. The fraction of sp³-hybridized carbons (Fsp3) is 0.440. The van der Waals surface area contributed by atoms with Crippen molar-refractivity contribution < 1.29 is 28.2 Å². The number of fused-ring (bicyclic) bond motifs is 5. The van der Waals surface area contributed by atoms with Gasteiger partial charge in [0.15, 0.2) is 0 Å². The van der Waals surface area contributed by atoms with E-state index in [-0.39, 0.29) is 31.9 Å². The third-order valence-corrected chi connectivity index (χ3v) is 7.46. The van der Waals surface area contributed by atoms with Crippen LogP contribution < -0.4 is 0 Å². The van der Waals surface area contributed by atoms with Gasteiger partial charge in [0.05, 0.1) is 0 Å². The van der Waals surface area contributed by atoms with Crippen LogP contribution >= 0.6 is 0 Å². The molecule has 0 aromatic heterocycles. The molecule has 1 saturated heterocycles. The molecule has 7 heteroatoms. The van der Waals surface area contributed by atoms with E-state index < -0.39 is 35.9 Å². The Kier molecular flexibility index (Phi) is 4.95. The maximum Gasteiger partial charge on any atom is 0.409 e. The first kappa shape index (κ1) is 20.9. The molecule has 3 aliphatic rings. The average molecular weight is 441 g/mol. The lowest BCUT2D eigenvalue weighted by Gasteiger charge is -2.47. The molecule has 2 atom stereocenters. The minimum Gasteiger partial charge on any atom is -0.481 e. The van der Waals surface area contributed by atoms with E-state index in [9.17, 15) is 14.7 Å². The van der Waals surface area contributed by atoms with Gasteiger partial charge in [0.25, 0.3) is 5.92 Å². The Morgan fingerprint density at radius 1 is 1.03 bits per heavy atom. The van der Waals surface area contributed by atoms with Gasteiger partial charge in [-0.3, -0.25) is 4.79 Å². The van der Waals surface area contributed by atoms with Crippen LogP contribution in [0.15, 0.2) is 48.5 Å². The maximum absolute atomic E-state index is 15.1. The Morgan fingerprint density at radius 3 is 2.28 bits per heavy atom. The fourth-order valence-electron chi connectivity index (χ4n) is 5.74. The average Bonchev–Trinajstić information content (AvgIpc) is 3.09. The number of carbonyl (C=O) groups is 2. The zero-order valence-electron chi connectivity index (χ0n) is 17.6. The molecule has 1 saturated carbocycles. The summed E-state index contributed by atoms with van der Waals surface area (Å²) in [6, 6.07) is 15.9. The van der Waals surface area contributed by atoms with Crippen LogP contribution in [0.1, 0.15) is 42.7 Å². The van der Waals surface area contributed by atoms with E-state index in [1.54, 1.807) is 0 Å². The van der Waals surface area contributed by atoms with E-state index in [4.69, 9.17) is 4.74 Å². The van der Waals surface area contributed by atoms with Gasteiger partial charge in [-0.15, -0.1) is 0 Å². The fourth-order valence-corrected chi connectivity index (χ4v) is 5.74. The number of hydrogen-bond donors (Lipinski definition) is 1. The number of amides is 1. The Morgan fingerprint density at radius 2 is 1.66 bits per heavy atom.